The molecule has 2 aromatic rings. The average Bonchev–Trinajstić information content (AvgIpc) is 2.82. The number of nitrogens with one attached hydrogen (secondary N) is 1. The molecule has 1 unspecified atom stereocenters. The molecule has 0 fully saturated rings. The van der Waals surface area contributed by atoms with Gasteiger partial charge >= 0.3 is 0 Å². The molecule has 5 nitrogen and oxygen atoms in total. The van der Waals surface area contributed by atoms with Crippen LogP contribution >= 0.6 is 0 Å². The summed E-state index contributed by atoms with van der Waals surface area (Å²) >= 11 is 0. The van der Waals surface area contributed by atoms with Crippen LogP contribution < -0.4 is 5.32 Å². The fourth-order valence-corrected chi connectivity index (χ4v) is 2.15. The lowest BCUT2D eigenvalue weighted by Gasteiger charge is -2.20. The van der Waals surface area contributed by atoms with Crippen LogP contribution in [0.5, 0.6) is 0 Å². The Balaban J connectivity index is 2.45. The number of nitrogens with zero attached hydrogens (tertiary/aromatic N) is 4. The van der Waals surface area contributed by atoms with Crippen molar-refractivity contribution in [3.63, 3.8) is 0 Å². The van der Waals surface area contributed by atoms with E-state index in [4.69, 9.17) is 0 Å². The maximum atomic E-state index is 4.20. The van der Waals surface area contributed by atoms with E-state index in [1.807, 2.05) is 30.3 Å². The minimum absolute atomic E-state index is 0.118. The van der Waals surface area contributed by atoms with Crippen molar-refractivity contribution in [2.75, 3.05) is 6.54 Å². The molecule has 0 aliphatic rings. The molecule has 0 spiro atoms. The highest BCUT2D eigenvalue weighted by atomic mass is 15.4. The maximum Gasteiger partial charge on any atom is 0.0798 e. The minimum atomic E-state index is 0.118. The van der Waals surface area contributed by atoms with E-state index in [9.17, 15) is 0 Å². The molecular weight excluding hydrogens is 226 g/mol. The Morgan fingerprint density at radius 1 is 1.33 bits per heavy atom. The van der Waals surface area contributed by atoms with Crippen LogP contribution in [0.4, 0.5) is 0 Å². The van der Waals surface area contributed by atoms with Gasteiger partial charge in [0.2, 0.25) is 0 Å². The largest absolute Gasteiger partial charge is 0.305 e. The summed E-state index contributed by atoms with van der Waals surface area (Å²) in [5, 5.41) is 11.5. The van der Waals surface area contributed by atoms with E-state index in [0.29, 0.717) is 0 Å². The highest BCUT2D eigenvalue weighted by molar-refractivity contribution is 5.32. The van der Waals surface area contributed by atoms with Crippen molar-refractivity contribution in [2.24, 2.45) is 7.05 Å². The summed E-state index contributed by atoms with van der Waals surface area (Å²) in [5.41, 5.74) is 3.57. The molecule has 96 valence electrons. The zero-order chi connectivity index (χ0) is 13.0. The molecule has 0 bridgehead atoms. The molecule has 5 heteroatoms. The Labute approximate surface area is 107 Å². The van der Waals surface area contributed by atoms with E-state index in [2.05, 4.69) is 40.5 Å². The van der Waals surface area contributed by atoms with Crippen LogP contribution in [0.3, 0.4) is 0 Å². The third-order valence-electron chi connectivity index (χ3n) is 3.09. The Morgan fingerprint density at radius 3 is 2.78 bits per heavy atom. The first-order chi connectivity index (χ1) is 8.77. The first kappa shape index (κ1) is 12.7. The smallest absolute Gasteiger partial charge is 0.0798 e. The summed E-state index contributed by atoms with van der Waals surface area (Å²) in [4.78, 5) is 4.20. The second kappa shape index (κ2) is 5.73. The third-order valence-corrected chi connectivity index (χ3v) is 3.09. The summed E-state index contributed by atoms with van der Waals surface area (Å²) in [5.74, 6) is 0. The summed E-state index contributed by atoms with van der Waals surface area (Å²) in [7, 11) is 1.92. The maximum absolute atomic E-state index is 4.20. The van der Waals surface area contributed by atoms with Gasteiger partial charge in [0.25, 0.3) is 0 Å². The second-order valence-electron chi connectivity index (χ2n) is 4.20. The van der Waals surface area contributed by atoms with Gasteiger partial charge in [0, 0.05) is 19.4 Å². The van der Waals surface area contributed by atoms with Crippen LogP contribution in [0.15, 0.2) is 24.7 Å². The number of rotatable bonds is 5. The van der Waals surface area contributed by atoms with Crippen molar-refractivity contribution >= 4 is 0 Å². The standard InChI is InChI=1S/C13H19N5/c1-4-10-8-14-7-6-11(10)13(15-5-2)12-9-16-17-18(12)3/h6-9,13,15H,4-5H2,1-3H3. The molecule has 0 saturated carbocycles. The summed E-state index contributed by atoms with van der Waals surface area (Å²) in [6.07, 6.45) is 6.55. The molecule has 18 heavy (non-hydrogen) atoms. The SMILES string of the molecule is CCNC(c1ccncc1CC)c1cnnn1C. The molecule has 2 aromatic heterocycles. The van der Waals surface area contributed by atoms with Crippen LogP contribution in [0, 0.1) is 0 Å². The van der Waals surface area contributed by atoms with Gasteiger partial charge in [0.1, 0.15) is 0 Å². The van der Waals surface area contributed by atoms with Gasteiger partial charge in [0.05, 0.1) is 17.9 Å². The quantitative estimate of drug-likeness (QED) is 0.866. The third kappa shape index (κ3) is 2.41. The van der Waals surface area contributed by atoms with E-state index in [1.165, 1.54) is 11.1 Å². The van der Waals surface area contributed by atoms with Gasteiger partial charge in [-0.05, 0) is 30.2 Å². The number of hydrogen-bond acceptors (Lipinski definition) is 4. The lowest BCUT2D eigenvalue weighted by atomic mass is 9.98. The van der Waals surface area contributed by atoms with Crippen LogP contribution in [-0.2, 0) is 13.5 Å². The normalized spacial score (nSPS) is 12.6. The van der Waals surface area contributed by atoms with Crippen molar-refractivity contribution in [2.45, 2.75) is 26.3 Å². The van der Waals surface area contributed by atoms with Gasteiger partial charge in [-0.1, -0.05) is 19.1 Å². The molecule has 0 amide bonds. The van der Waals surface area contributed by atoms with E-state index in [1.54, 1.807) is 0 Å². The van der Waals surface area contributed by atoms with Crippen LogP contribution in [0.25, 0.3) is 0 Å². The van der Waals surface area contributed by atoms with Gasteiger partial charge in [-0.2, -0.15) is 0 Å². The molecule has 0 aliphatic carbocycles. The minimum Gasteiger partial charge on any atom is -0.305 e. The number of aromatic nitrogens is 4. The van der Waals surface area contributed by atoms with Gasteiger partial charge < -0.3 is 5.32 Å². The Bertz CT molecular complexity index is 506. The van der Waals surface area contributed by atoms with E-state index in [0.717, 1.165) is 18.7 Å². The summed E-state index contributed by atoms with van der Waals surface area (Å²) < 4.78 is 1.81. The topological polar surface area (TPSA) is 55.6 Å². The lowest BCUT2D eigenvalue weighted by Crippen LogP contribution is -2.25. The Kier molecular flexibility index (Phi) is 4.04. The molecule has 1 atom stereocenters. The fraction of sp³-hybridized carbons (Fsp3) is 0.462. The Hall–Kier alpha value is -1.75. The van der Waals surface area contributed by atoms with Crippen LogP contribution in [0.1, 0.15) is 36.7 Å². The van der Waals surface area contributed by atoms with E-state index in [-0.39, 0.29) is 6.04 Å². The molecule has 2 rings (SSSR count). The molecule has 0 aliphatic heterocycles. The van der Waals surface area contributed by atoms with Crippen LogP contribution in [-0.4, -0.2) is 26.5 Å². The Morgan fingerprint density at radius 2 is 2.17 bits per heavy atom. The van der Waals surface area contributed by atoms with Crippen molar-refractivity contribution in [3.8, 4) is 0 Å². The first-order valence-electron chi connectivity index (χ1n) is 6.28. The predicted molar refractivity (Wildman–Crippen MR) is 70.1 cm³/mol. The van der Waals surface area contributed by atoms with Gasteiger partial charge in [-0.15, -0.1) is 5.10 Å². The first-order valence-corrected chi connectivity index (χ1v) is 6.28. The summed E-state index contributed by atoms with van der Waals surface area (Å²) in [6.45, 7) is 5.13. The van der Waals surface area contributed by atoms with Gasteiger partial charge in [-0.25, -0.2) is 0 Å². The summed E-state index contributed by atoms with van der Waals surface area (Å²) in [6, 6.07) is 2.19. The second-order valence-corrected chi connectivity index (χ2v) is 4.20. The van der Waals surface area contributed by atoms with Crippen LogP contribution in [0.2, 0.25) is 0 Å². The van der Waals surface area contributed by atoms with Gasteiger partial charge in [-0.3, -0.25) is 9.67 Å². The number of aryl methyl sites for hydroxylation is 2. The van der Waals surface area contributed by atoms with Crippen molar-refractivity contribution in [1.29, 1.82) is 0 Å². The molecule has 0 radical (unpaired) electrons. The van der Waals surface area contributed by atoms with E-state index < -0.39 is 0 Å². The molecule has 0 aromatic carbocycles. The highest BCUT2D eigenvalue weighted by Crippen LogP contribution is 2.23. The van der Waals surface area contributed by atoms with Gasteiger partial charge in [0.15, 0.2) is 0 Å². The van der Waals surface area contributed by atoms with Crippen molar-refractivity contribution < 1.29 is 0 Å². The zero-order valence-corrected chi connectivity index (χ0v) is 11.1. The van der Waals surface area contributed by atoms with Crippen molar-refractivity contribution in [1.82, 2.24) is 25.3 Å². The predicted octanol–water partition coefficient (Wildman–Crippen LogP) is 1.47. The zero-order valence-electron chi connectivity index (χ0n) is 11.1. The lowest BCUT2D eigenvalue weighted by molar-refractivity contribution is 0.564. The fourth-order valence-electron chi connectivity index (χ4n) is 2.15. The number of pyridine rings is 1. The monoisotopic (exact) mass is 245 g/mol. The molecule has 1 N–H and O–H groups in total. The molecular formula is C13H19N5. The average molecular weight is 245 g/mol. The highest BCUT2D eigenvalue weighted by Gasteiger charge is 2.19. The number of hydrogen-bond donors (Lipinski definition) is 1. The van der Waals surface area contributed by atoms with Crippen molar-refractivity contribution in [3.05, 3.63) is 41.5 Å². The molecule has 0 saturated heterocycles. The van der Waals surface area contributed by atoms with E-state index >= 15 is 0 Å². The molecule has 2 heterocycles.